The summed E-state index contributed by atoms with van der Waals surface area (Å²) in [4.78, 5) is 24.7. The third kappa shape index (κ3) is 5.47. The maximum Gasteiger partial charge on any atom is 0.259 e. The van der Waals surface area contributed by atoms with Crippen LogP contribution in [-0.4, -0.2) is 82.6 Å². The Morgan fingerprint density at radius 3 is 2.56 bits per heavy atom. The van der Waals surface area contributed by atoms with E-state index >= 15 is 0 Å². The first-order valence-corrected chi connectivity index (χ1v) is 14.7. The van der Waals surface area contributed by atoms with Crippen LogP contribution in [0.3, 0.4) is 0 Å². The molecule has 0 unspecified atom stereocenters. The molecule has 0 atom stereocenters. The van der Waals surface area contributed by atoms with E-state index in [4.69, 9.17) is 0 Å². The number of nitrogens with zero attached hydrogens (tertiary/aromatic N) is 7. The number of sulfonamides is 1. The van der Waals surface area contributed by atoms with Crippen LogP contribution in [-0.2, 0) is 22.8 Å². The molecular weight excluding hydrogens is 518 g/mol. The molecule has 1 aliphatic heterocycles. The summed E-state index contributed by atoms with van der Waals surface area (Å²) < 4.78 is 29.6. The summed E-state index contributed by atoms with van der Waals surface area (Å²) in [5, 5.41) is 11.9. The molecule has 0 aliphatic carbocycles. The second-order valence-corrected chi connectivity index (χ2v) is 12.4. The Balaban J connectivity index is 1.42. The maximum atomic E-state index is 13.4. The second kappa shape index (κ2) is 10.5. The number of carbonyl (C=O) groups is 1. The lowest BCUT2D eigenvalue weighted by atomic mass is 10.0. The van der Waals surface area contributed by atoms with Gasteiger partial charge in [-0.3, -0.25) is 14.5 Å². The van der Waals surface area contributed by atoms with Gasteiger partial charge in [-0.05, 0) is 38.4 Å². The zero-order chi connectivity index (χ0) is 27.9. The number of hydrogen-bond acceptors (Lipinski definition) is 8. The number of anilines is 2. The van der Waals surface area contributed by atoms with E-state index in [0.717, 1.165) is 47.9 Å². The monoisotopic (exact) mass is 553 g/mol. The summed E-state index contributed by atoms with van der Waals surface area (Å²) in [5.41, 5.74) is 3.48. The molecule has 0 saturated carbocycles. The summed E-state index contributed by atoms with van der Waals surface area (Å²) in [6.07, 6.45) is 7.49. The number of hydrogen-bond donors (Lipinski definition) is 2. The van der Waals surface area contributed by atoms with Gasteiger partial charge in [-0.15, -0.1) is 0 Å². The fourth-order valence-electron chi connectivity index (χ4n) is 5.12. The molecule has 0 radical (unpaired) electrons. The highest BCUT2D eigenvalue weighted by Gasteiger charge is 2.24. The van der Waals surface area contributed by atoms with Gasteiger partial charge in [-0.1, -0.05) is 6.92 Å². The first-order chi connectivity index (χ1) is 18.6. The van der Waals surface area contributed by atoms with Crippen LogP contribution in [0.1, 0.15) is 41.5 Å². The van der Waals surface area contributed by atoms with Gasteiger partial charge in [0, 0.05) is 63.7 Å². The van der Waals surface area contributed by atoms with E-state index < -0.39 is 10.0 Å². The van der Waals surface area contributed by atoms with Gasteiger partial charge in [-0.25, -0.2) is 17.7 Å². The lowest BCUT2D eigenvalue weighted by molar-refractivity contribution is 0.102. The van der Waals surface area contributed by atoms with Crippen molar-refractivity contribution >= 4 is 44.0 Å². The smallest absolute Gasteiger partial charge is 0.259 e. The van der Waals surface area contributed by atoms with Crippen molar-refractivity contribution in [3.63, 3.8) is 0 Å². The Hall–Kier alpha value is -3.55. The fraction of sp³-hybridized carbons (Fsp3) is 0.462. The quantitative estimate of drug-likeness (QED) is 0.340. The Morgan fingerprint density at radius 1 is 1.13 bits per heavy atom. The Morgan fingerprint density at radius 2 is 1.87 bits per heavy atom. The van der Waals surface area contributed by atoms with Crippen molar-refractivity contribution in [2.75, 3.05) is 43.9 Å². The minimum Gasteiger partial charge on any atom is -0.371 e. The van der Waals surface area contributed by atoms with Crippen LogP contribution in [0.15, 0.2) is 30.7 Å². The van der Waals surface area contributed by atoms with E-state index in [1.54, 1.807) is 28.4 Å². The van der Waals surface area contributed by atoms with Gasteiger partial charge in [0.2, 0.25) is 10.0 Å². The number of aromatic nitrogens is 5. The van der Waals surface area contributed by atoms with Crippen molar-refractivity contribution in [2.24, 2.45) is 7.05 Å². The van der Waals surface area contributed by atoms with Crippen LogP contribution in [0.2, 0.25) is 0 Å². The van der Waals surface area contributed by atoms with E-state index in [1.807, 2.05) is 25.4 Å². The molecule has 0 spiro atoms. The highest BCUT2D eigenvalue weighted by atomic mass is 32.2. The number of benzene rings is 1. The van der Waals surface area contributed by atoms with Crippen LogP contribution < -0.4 is 15.5 Å². The molecule has 12 nitrogen and oxygen atoms in total. The number of fused-ring (bicyclic) bond motifs is 2. The van der Waals surface area contributed by atoms with E-state index in [9.17, 15) is 13.2 Å². The maximum absolute atomic E-state index is 13.4. The first kappa shape index (κ1) is 27.0. The third-order valence-electron chi connectivity index (χ3n) is 7.09. The topological polar surface area (TPSA) is 130 Å². The number of amides is 1. The molecule has 5 rings (SSSR count). The van der Waals surface area contributed by atoms with Crippen molar-refractivity contribution in [1.29, 1.82) is 0 Å². The van der Waals surface area contributed by atoms with Crippen molar-refractivity contribution in [1.82, 2.24) is 33.8 Å². The van der Waals surface area contributed by atoms with Crippen LogP contribution in [0.5, 0.6) is 0 Å². The molecule has 1 fully saturated rings. The van der Waals surface area contributed by atoms with E-state index in [-0.39, 0.29) is 11.7 Å². The van der Waals surface area contributed by atoms with Crippen molar-refractivity contribution < 1.29 is 13.2 Å². The van der Waals surface area contributed by atoms with Gasteiger partial charge in [-0.2, -0.15) is 5.10 Å². The number of imidazole rings is 1. The van der Waals surface area contributed by atoms with Gasteiger partial charge in [0.15, 0.2) is 11.5 Å². The van der Waals surface area contributed by atoms with Gasteiger partial charge >= 0.3 is 0 Å². The van der Waals surface area contributed by atoms with E-state index in [0.29, 0.717) is 40.0 Å². The second-order valence-electron chi connectivity index (χ2n) is 10.2. The average molecular weight is 554 g/mol. The molecular formula is C26H35N9O3S. The normalized spacial score (nSPS) is 15.1. The number of carbonyl (C=O) groups excluding carboxylic acids is 1. The van der Waals surface area contributed by atoms with Gasteiger partial charge in [0.1, 0.15) is 17.0 Å². The standard InChI is InChI=1S/C26H35N9O3S/c1-6-27-18-9-11-34(12-10-18)22-8-7-19(24-20(22)14-33(5)31-24)26(36)30-23-15-35-13-17(2)28-21(25(35)29-23)16-39(37,38)32(3)4/h7-8,13-15,18,27H,6,9-12,16H2,1-5H3,(H,30,36). The summed E-state index contributed by atoms with van der Waals surface area (Å²) in [7, 11) is 1.27. The molecule has 1 saturated heterocycles. The minimum atomic E-state index is -3.55. The SMILES string of the molecule is CCNC1CCN(c2ccc(C(=O)Nc3cn4cc(C)nc(CS(=O)(=O)N(C)C)c4n3)c3nn(C)cc23)CC1. The van der Waals surface area contributed by atoms with Gasteiger partial charge in [0.25, 0.3) is 5.91 Å². The van der Waals surface area contributed by atoms with Crippen LogP contribution in [0, 0.1) is 6.92 Å². The van der Waals surface area contributed by atoms with Crippen LogP contribution >= 0.6 is 0 Å². The number of aryl methyl sites for hydroxylation is 2. The molecule has 208 valence electrons. The number of piperidine rings is 1. The zero-order valence-electron chi connectivity index (χ0n) is 23.0. The molecule has 39 heavy (non-hydrogen) atoms. The zero-order valence-corrected chi connectivity index (χ0v) is 23.8. The number of nitrogens with one attached hydrogen (secondary N) is 2. The Kier molecular flexibility index (Phi) is 7.31. The predicted octanol–water partition coefficient (Wildman–Crippen LogP) is 2.15. The summed E-state index contributed by atoms with van der Waals surface area (Å²) >= 11 is 0. The van der Waals surface area contributed by atoms with Crippen LogP contribution in [0.25, 0.3) is 16.6 Å². The molecule has 1 aliphatic rings. The molecule has 2 N–H and O–H groups in total. The van der Waals surface area contributed by atoms with Gasteiger partial charge in [0.05, 0.1) is 17.5 Å². The molecule has 1 amide bonds. The van der Waals surface area contributed by atoms with E-state index in [1.165, 1.54) is 14.1 Å². The van der Waals surface area contributed by atoms with Crippen LogP contribution in [0.4, 0.5) is 11.5 Å². The summed E-state index contributed by atoms with van der Waals surface area (Å²) in [6, 6.07) is 4.34. The first-order valence-electron chi connectivity index (χ1n) is 13.1. The average Bonchev–Trinajstić information content (AvgIpc) is 3.46. The molecule has 3 aromatic heterocycles. The molecule has 0 bridgehead atoms. The third-order valence-corrected chi connectivity index (χ3v) is 8.84. The summed E-state index contributed by atoms with van der Waals surface area (Å²) in [5.74, 6) is -0.335. The minimum absolute atomic E-state index is 0.294. The molecule has 4 aromatic rings. The predicted molar refractivity (Wildman–Crippen MR) is 152 cm³/mol. The van der Waals surface area contributed by atoms with Crippen molar-refractivity contribution in [3.8, 4) is 0 Å². The molecule has 1 aromatic carbocycles. The fourth-order valence-corrected chi connectivity index (χ4v) is 5.92. The lowest BCUT2D eigenvalue weighted by Crippen LogP contribution is -2.42. The summed E-state index contributed by atoms with van der Waals surface area (Å²) in [6.45, 7) is 6.77. The largest absolute Gasteiger partial charge is 0.371 e. The van der Waals surface area contributed by atoms with Gasteiger partial charge < -0.3 is 19.9 Å². The lowest BCUT2D eigenvalue weighted by Gasteiger charge is -2.34. The molecule has 4 heterocycles. The number of rotatable bonds is 8. The Bertz CT molecular complexity index is 1630. The Labute approximate surface area is 228 Å². The van der Waals surface area contributed by atoms with Crippen molar-refractivity contribution in [3.05, 3.63) is 47.7 Å². The van der Waals surface area contributed by atoms with Crippen molar-refractivity contribution in [2.45, 2.75) is 38.5 Å². The van der Waals surface area contributed by atoms with E-state index in [2.05, 4.69) is 37.5 Å². The highest BCUT2D eigenvalue weighted by Crippen LogP contribution is 2.31. The molecule has 13 heteroatoms. The highest BCUT2D eigenvalue weighted by molar-refractivity contribution is 7.88.